The molecule has 2 rings (SSSR count). The van der Waals surface area contributed by atoms with E-state index in [1.807, 2.05) is 0 Å². The second kappa shape index (κ2) is 9.45. The molecule has 0 bridgehead atoms. The van der Waals surface area contributed by atoms with Crippen LogP contribution in [0.25, 0.3) is 0 Å². The SMILES string of the molecule is COc1cccc(C(=O)NCC(=O)OC(C)C(=O)Nc2cc(F)ccc2F)c1. The third kappa shape index (κ3) is 5.76. The molecule has 0 aliphatic heterocycles. The van der Waals surface area contributed by atoms with Gasteiger partial charge in [0.05, 0.1) is 12.8 Å². The molecule has 0 heterocycles. The van der Waals surface area contributed by atoms with Crippen LogP contribution in [0.3, 0.4) is 0 Å². The Kier molecular flexibility index (Phi) is 7.02. The Balaban J connectivity index is 1.85. The first-order valence-corrected chi connectivity index (χ1v) is 8.18. The summed E-state index contributed by atoms with van der Waals surface area (Å²) in [7, 11) is 1.45. The first-order valence-electron chi connectivity index (χ1n) is 8.18. The highest BCUT2D eigenvalue weighted by atomic mass is 19.1. The van der Waals surface area contributed by atoms with Crippen molar-refractivity contribution in [2.24, 2.45) is 0 Å². The summed E-state index contributed by atoms with van der Waals surface area (Å²) in [6.07, 6.45) is -1.29. The third-order valence-corrected chi connectivity index (χ3v) is 3.59. The zero-order valence-electron chi connectivity index (χ0n) is 15.1. The molecule has 148 valence electrons. The average molecular weight is 392 g/mol. The molecule has 9 heteroatoms. The summed E-state index contributed by atoms with van der Waals surface area (Å²) in [5.41, 5.74) is -0.0984. The molecule has 0 saturated carbocycles. The largest absolute Gasteiger partial charge is 0.497 e. The molecule has 1 atom stereocenters. The van der Waals surface area contributed by atoms with Crippen molar-refractivity contribution < 1.29 is 32.6 Å². The quantitative estimate of drug-likeness (QED) is 0.705. The standard InChI is InChI=1S/C19H18F2N2O5/c1-11(18(25)23-16-9-13(20)6-7-15(16)21)28-17(24)10-22-19(26)12-4-3-5-14(8-12)27-2/h3-9,11H,10H2,1-2H3,(H,22,26)(H,23,25). The number of nitrogens with one attached hydrogen (secondary N) is 2. The first kappa shape index (κ1) is 20.8. The predicted molar refractivity (Wildman–Crippen MR) is 95.9 cm³/mol. The van der Waals surface area contributed by atoms with Crippen molar-refractivity contribution in [3.05, 3.63) is 59.7 Å². The zero-order valence-corrected chi connectivity index (χ0v) is 15.1. The van der Waals surface area contributed by atoms with Crippen LogP contribution in [0, 0.1) is 11.6 Å². The van der Waals surface area contributed by atoms with Gasteiger partial charge in [0.1, 0.15) is 23.9 Å². The van der Waals surface area contributed by atoms with E-state index < -0.39 is 42.1 Å². The average Bonchev–Trinajstić information content (AvgIpc) is 2.68. The Labute approximate surface area is 159 Å². The van der Waals surface area contributed by atoms with Gasteiger partial charge in [0, 0.05) is 11.6 Å². The molecule has 0 fully saturated rings. The van der Waals surface area contributed by atoms with Crippen LogP contribution in [-0.2, 0) is 14.3 Å². The van der Waals surface area contributed by atoms with E-state index >= 15 is 0 Å². The third-order valence-electron chi connectivity index (χ3n) is 3.59. The molecule has 0 aliphatic rings. The second-order valence-corrected chi connectivity index (χ2v) is 5.66. The van der Waals surface area contributed by atoms with E-state index in [9.17, 15) is 23.2 Å². The van der Waals surface area contributed by atoms with Crippen LogP contribution in [0.2, 0.25) is 0 Å². The van der Waals surface area contributed by atoms with Gasteiger partial charge in [0.15, 0.2) is 6.10 Å². The van der Waals surface area contributed by atoms with Crippen molar-refractivity contribution in [1.29, 1.82) is 0 Å². The highest BCUT2D eigenvalue weighted by Crippen LogP contribution is 2.16. The number of methoxy groups -OCH3 is 1. The van der Waals surface area contributed by atoms with Crippen LogP contribution in [0.5, 0.6) is 5.75 Å². The lowest BCUT2D eigenvalue weighted by Crippen LogP contribution is -2.36. The van der Waals surface area contributed by atoms with Gasteiger partial charge in [0.2, 0.25) is 0 Å². The molecule has 1 unspecified atom stereocenters. The summed E-state index contributed by atoms with van der Waals surface area (Å²) in [5, 5.41) is 4.48. The Hall–Kier alpha value is -3.49. The van der Waals surface area contributed by atoms with E-state index in [2.05, 4.69) is 10.6 Å². The normalized spacial score (nSPS) is 11.3. The van der Waals surface area contributed by atoms with Gasteiger partial charge in [-0.05, 0) is 37.3 Å². The highest BCUT2D eigenvalue weighted by molar-refractivity contribution is 5.97. The number of halogens is 2. The van der Waals surface area contributed by atoms with Gasteiger partial charge in [-0.15, -0.1) is 0 Å². The molecule has 0 aromatic heterocycles. The van der Waals surface area contributed by atoms with Crippen LogP contribution in [0.15, 0.2) is 42.5 Å². The van der Waals surface area contributed by atoms with E-state index in [0.29, 0.717) is 5.75 Å². The molecule has 2 amide bonds. The number of benzene rings is 2. The Bertz CT molecular complexity index is 888. The minimum absolute atomic E-state index is 0.277. The monoisotopic (exact) mass is 392 g/mol. The maximum atomic E-state index is 13.5. The predicted octanol–water partition coefficient (Wildman–Crippen LogP) is 2.27. The fourth-order valence-corrected chi connectivity index (χ4v) is 2.14. The number of anilines is 1. The number of hydrogen-bond acceptors (Lipinski definition) is 5. The number of rotatable bonds is 7. The molecule has 2 aromatic carbocycles. The minimum Gasteiger partial charge on any atom is -0.497 e. The van der Waals surface area contributed by atoms with E-state index in [1.165, 1.54) is 26.2 Å². The fraction of sp³-hybridized carbons (Fsp3) is 0.211. The van der Waals surface area contributed by atoms with Crippen molar-refractivity contribution in [3.63, 3.8) is 0 Å². The van der Waals surface area contributed by atoms with Crippen molar-refractivity contribution in [2.75, 3.05) is 19.0 Å². The summed E-state index contributed by atoms with van der Waals surface area (Å²) in [6, 6.07) is 8.86. The van der Waals surface area contributed by atoms with E-state index in [1.54, 1.807) is 12.1 Å². The van der Waals surface area contributed by atoms with Crippen LogP contribution in [0.4, 0.5) is 14.5 Å². The zero-order chi connectivity index (χ0) is 20.7. The van der Waals surface area contributed by atoms with Gasteiger partial charge in [-0.3, -0.25) is 14.4 Å². The van der Waals surface area contributed by atoms with Crippen LogP contribution < -0.4 is 15.4 Å². The molecule has 28 heavy (non-hydrogen) atoms. The second-order valence-electron chi connectivity index (χ2n) is 5.66. The van der Waals surface area contributed by atoms with Gasteiger partial charge in [-0.2, -0.15) is 0 Å². The Morgan fingerprint density at radius 1 is 1.11 bits per heavy atom. The molecule has 0 radical (unpaired) electrons. The number of ether oxygens (including phenoxy) is 2. The fourth-order valence-electron chi connectivity index (χ4n) is 2.14. The summed E-state index contributed by atoms with van der Waals surface area (Å²) < 4.78 is 36.5. The van der Waals surface area contributed by atoms with E-state index in [4.69, 9.17) is 9.47 Å². The maximum absolute atomic E-state index is 13.5. The molecule has 0 aliphatic carbocycles. The number of hydrogen-bond donors (Lipinski definition) is 2. The van der Waals surface area contributed by atoms with Gasteiger partial charge < -0.3 is 20.1 Å². The van der Waals surface area contributed by atoms with Gasteiger partial charge >= 0.3 is 5.97 Å². The van der Waals surface area contributed by atoms with E-state index in [-0.39, 0.29) is 11.3 Å². The van der Waals surface area contributed by atoms with Gasteiger partial charge in [-0.25, -0.2) is 8.78 Å². The summed E-state index contributed by atoms with van der Waals surface area (Å²) in [4.78, 5) is 35.8. The molecular weight excluding hydrogens is 374 g/mol. The van der Waals surface area contributed by atoms with Crippen molar-refractivity contribution in [2.45, 2.75) is 13.0 Å². The van der Waals surface area contributed by atoms with E-state index in [0.717, 1.165) is 18.2 Å². The Morgan fingerprint density at radius 3 is 2.57 bits per heavy atom. The van der Waals surface area contributed by atoms with Crippen LogP contribution in [0.1, 0.15) is 17.3 Å². The molecule has 0 saturated heterocycles. The summed E-state index contributed by atoms with van der Waals surface area (Å²) in [6.45, 7) is 0.774. The van der Waals surface area contributed by atoms with Crippen LogP contribution >= 0.6 is 0 Å². The summed E-state index contributed by atoms with van der Waals surface area (Å²) >= 11 is 0. The molecule has 0 spiro atoms. The lowest BCUT2D eigenvalue weighted by atomic mass is 10.2. The van der Waals surface area contributed by atoms with Crippen molar-refractivity contribution >= 4 is 23.5 Å². The van der Waals surface area contributed by atoms with Gasteiger partial charge in [0.25, 0.3) is 11.8 Å². The maximum Gasteiger partial charge on any atom is 0.326 e. The summed E-state index contributed by atoms with van der Waals surface area (Å²) in [5.74, 6) is -3.35. The Morgan fingerprint density at radius 2 is 1.86 bits per heavy atom. The van der Waals surface area contributed by atoms with Crippen molar-refractivity contribution in [1.82, 2.24) is 5.32 Å². The first-order chi connectivity index (χ1) is 13.3. The lowest BCUT2D eigenvalue weighted by molar-refractivity contribution is -0.152. The van der Waals surface area contributed by atoms with Gasteiger partial charge in [-0.1, -0.05) is 6.07 Å². The highest BCUT2D eigenvalue weighted by Gasteiger charge is 2.20. The number of esters is 1. The number of carbonyl (C=O) groups is 3. The number of carbonyl (C=O) groups excluding carboxylic acids is 3. The lowest BCUT2D eigenvalue weighted by Gasteiger charge is -2.14. The van der Waals surface area contributed by atoms with Crippen LogP contribution in [-0.4, -0.2) is 37.5 Å². The smallest absolute Gasteiger partial charge is 0.326 e. The molecule has 2 aromatic rings. The molecular formula is C19H18F2N2O5. The molecule has 2 N–H and O–H groups in total. The number of amides is 2. The molecule has 7 nitrogen and oxygen atoms in total. The minimum atomic E-state index is -1.29. The van der Waals surface area contributed by atoms with Crippen molar-refractivity contribution in [3.8, 4) is 5.75 Å². The topological polar surface area (TPSA) is 93.7 Å².